The predicted molar refractivity (Wildman–Crippen MR) is 101 cm³/mol. The Hall–Kier alpha value is -1.36. The van der Waals surface area contributed by atoms with Crippen molar-refractivity contribution in [3.63, 3.8) is 0 Å². The van der Waals surface area contributed by atoms with E-state index in [1.54, 1.807) is 0 Å². The van der Waals surface area contributed by atoms with Crippen LogP contribution in [0, 0.1) is 17.8 Å². The second kappa shape index (κ2) is 8.55. The number of piperidine rings is 1. The molecule has 1 saturated heterocycles. The summed E-state index contributed by atoms with van der Waals surface area (Å²) >= 11 is 0. The molecule has 2 heterocycles. The van der Waals surface area contributed by atoms with E-state index >= 15 is 0 Å². The van der Waals surface area contributed by atoms with Gasteiger partial charge in [0.15, 0.2) is 0 Å². The Balaban J connectivity index is 1.30. The first kappa shape index (κ1) is 18.0. The number of carbonyl (C=O) groups excluding carboxylic acids is 1. The smallest absolute Gasteiger partial charge is 0.220 e. The molecule has 3 aliphatic rings. The van der Waals surface area contributed by atoms with Crippen LogP contribution < -0.4 is 10.6 Å². The van der Waals surface area contributed by atoms with Crippen molar-refractivity contribution in [2.75, 3.05) is 13.1 Å². The van der Waals surface area contributed by atoms with E-state index in [-0.39, 0.29) is 5.91 Å². The Labute approximate surface area is 156 Å². The van der Waals surface area contributed by atoms with E-state index in [1.807, 2.05) is 0 Å². The van der Waals surface area contributed by atoms with Crippen LogP contribution in [0.3, 0.4) is 0 Å². The number of hydrogen-bond donors (Lipinski definition) is 2. The quantitative estimate of drug-likeness (QED) is 0.784. The molecule has 0 spiro atoms. The highest BCUT2D eigenvalue weighted by atomic mass is 16.5. The van der Waals surface area contributed by atoms with Crippen LogP contribution in [0.2, 0.25) is 0 Å². The van der Waals surface area contributed by atoms with Crippen LogP contribution in [-0.4, -0.2) is 30.2 Å². The lowest BCUT2D eigenvalue weighted by atomic mass is 9.81. The fourth-order valence-electron chi connectivity index (χ4n) is 4.73. The maximum Gasteiger partial charge on any atom is 0.220 e. The van der Waals surface area contributed by atoms with Crippen LogP contribution in [0.5, 0.6) is 0 Å². The third kappa shape index (κ3) is 5.09. The molecule has 0 radical (unpaired) electrons. The molecule has 1 amide bonds. The van der Waals surface area contributed by atoms with Crippen molar-refractivity contribution in [1.82, 2.24) is 15.8 Å². The molecular formula is C21H33N3O2. The number of aromatic nitrogens is 1. The molecule has 5 heteroatoms. The minimum Gasteiger partial charge on any atom is -0.361 e. The van der Waals surface area contributed by atoms with Crippen LogP contribution in [0.4, 0.5) is 0 Å². The van der Waals surface area contributed by atoms with Crippen molar-refractivity contribution in [2.24, 2.45) is 17.8 Å². The average molecular weight is 360 g/mol. The van der Waals surface area contributed by atoms with E-state index < -0.39 is 0 Å². The Bertz CT molecular complexity index is 590. The minimum absolute atomic E-state index is 0.238. The molecule has 2 saturated carbocycles. The third-order valence-corrected chi connectivity index (χ3v) is 6.45. The maximum atomic E-state index is 12.2. The van der Waals surface area contributed by atoms with Gasteiger partial charge in [-0.3, -0.25) is 4.79 Å². The van der Waals surface area contributed by atoms with Gasteiger partial charge in [-0.05, 0) is 56.5 Å². The summed E-state index contributed by atoms with van der Waals surface area (Å²) in [5.74, 6) is 3.00. The van der Waals surface area contributed by atoms with Crippen LogP contribution in [0.25, 0.3) is 0 Å². The molecule has 4 rings (SSSR count). The molecule has 2 aliphatic carbocycles. The highest BCUT2D eigenvalue weighted by molar-refractivity contribution is 5.76. The largest absolute Gasteiger partial charge is 0.361 e. The Morgan fingerprint density at radius 1 is 1.12 bits per heavy atom. The van der Waals surface area contributed by atoms with Gasteiger partial charge in [-0.2, -0.15) is 0 Å². The summed E-state index contributed by atoms with van der Waals surface area (Å²) < 4.78 is 5.64. The van der Waals surface area contributed by atoms with E-state index in [0.29, 0.717) is 24.3 Å². The van der Waals surface area contributed by atoms with Crippen molar-refractivity contribution < 1.29 is 9.32 Å². The Morgan fingerprint density at radius 3 is 2.77 bits per heavy atom. The molecule has 1 aromatic rings. The van der Waals surface area contributed by atoms with Crippen molar-refractivity contribution in [1.29, 1.82) is 0 Å². The lowest BCUT2D eigenvalue weighted by Crippen LogP contribution is -2.40. The second-order valence-corrected chi connectivity index (χ2v) is 8.76. The van der Waals surface area contributed by atoms with Crippen molar-refractivity contribution in [3.05, 3.63) is 17.5 Å². The zero-order valence-corrected chi connectivity index (χ0v) is 15.8. The van der Waals surface area contributed by atoms with Crippen molar-refractivity contribution in [2.45, 2.75) is 76.7 Å². The summed E-state index contributed by atoms with van der Waals surface area (Å²) in [6.45, 7) is 2.00. The minimum atomic E-state index is 0.238. The summed E-state index contributed by atoms with van der Waals surface area (Å²) in [5.41, 5.74) is 1.07. The molecular weight excluding hydrogens is 326 g/mol. The summed E-state index contributed by atoms with van der Waals surface area (Å²) in [6.07, 6.45) is 12.8. The lowest BCUT2D eigenvalue weighted by molar-refractivity contribution is -0.122. The van der Waals surface area contributed by atoms with Gasteiger partial charge in [0.2, 0.25) is 5.91 Å². The zero-order valence-electron chi connectivity index (χ0n) is 15.8. The van der Waals surface area contributed by atoms with Gasteiger partial charge in [0.05, 0.1) is 5.69 Å². The SMILES string of the molecule is O=C(CC1CCNCC1Cc1cc(CC2CCCCC2)on1)NC1CC1. The maximum absolute atomic E-state index is 12.2. The van der Waals surface area contributed by atoms with Crippen LogP contribution >= 0.6 is 0 Å². The number of nitrogens with one attached hydrogen (secondary N) is 2. The second-order valence-electron chi connectivity index (χ2n) is 8.76. The van der Waals surface area contributed by atoms with Gasteiger partial charge in [0, 0.05) is 24.9 Å². The summed E-state index contributed by atoms with van der Waals surface area (Å²) in [4.78, 5) is 12.2. The van der Waals surface area contributed by atoms with Crippen LogP contribution in [0.1, 0.15) is 69.2 Å². The van der Waals surface area contributed by atoms with Gasteiger partial charge < -0.3 is 15.2 Å². The molecule has 5 nitrogen and oxygen atoms in total. The summed E-state index contributed by atoms with van der Waals surface area (Å²) in [6, 6.07) is 2.63. The fourth-order valence-corrected chi connectivity index (χ4v) is 4.73. The summed E-state index contributed by atoms with van der Waals surface area (Å²) in [7, 11) is 0. The molecule has 1 aromatic heterocycles. The van der Waals surface area contributed by atoms with Gasteiger partial charge in [0.1, 0.15) is 5.76 Å². The number of rotatable bonds is 7. The normalized spacial score (nSPS) is 27.4. The summed E-state index contributed by atoms with van der Waals surface area (Å²) in [5, 5.41) is 11.0. The van der Waals surface area contributed by atoms with Crippen LogP contribution in [-0.2, 0) is 17.6 Å². The van der Waals surface area contributed by atoms with Gasteiger partial charge >= 0.3 is 0 Å². The molecule has 2 atom stereocenters. The molecule has 1 aliphatic heterocycles. The van der Waals surface area contributed by atoms with Gasteiger partial charge in [-0.15, -0.1) is 0 Å². The standard InChI is InChI=1S/C21H33N3O2/c25-21(23-18-6-7-18)12-16-8-9-22-14-17(16)11-19-13-20(26-24-19)10-15-4-2-1-3-5-15/h13,15-18,22H,1-12,14H2,(H,23,25). The fraction of sp³-hybridized carbons (Fsp3) is 0.810. The van der Waals surface area contributed by atoms with Gasteiger partial charge in [-0.1, -0.05) is 37.3 Å². The number of nitrogens with zero attached hydrogens (tertiary/aromatic N) is 1. The number of amides is 1. The van der Waals surface area contributed by atoms with Crippen LogP contribution in [0.15, 0.2) is 10.6 Å². The van der Waals surface area contributed by atoms with E-state index in [1.165, 1.54) is 32.1 Å². The first-order chi connectivity index (χ1) is 12.8. The molecule has 2 N–H and O–H groups in total. The zero-order chi connectivity index (χ0) is 17.8. The third-order valence-electron chi connectivity index (χ3n) is 6.45. The van der Waals surface area contributed by atoms with Crippen molar-refractivity contribution in [3.8, 4) is 0 Å². The van der Waals surface area contributed by atoms with Crippen molar-refractivity contribution >= 4 is 5.91 Å². The van der Waals surface area contributed by atoms with E-state index in [0.717, 1.165) is 62.6 Å². The Kier molecular flexibility index (Phi) is 5.93. The highest BCUT2D eigenvalue weighted by Crippen LogP contribution is 2.29. The van der Waals surface area contributed by atoms with Gasteiger partial charge in [0.25, 0.3) is 0 Å². The average Bonchev–Trinajstić information content (AvgIpc) is 3.35. The number of hydrogen-bond acceptors (Lipinski definition) is 4. The van der Waals surface area contributed by atoms with Gasteiger partial charge in [-0.25, -0.2) is 0 Å². The first-order valence-electron chi connectivity index (χ1n) is 10.7. The molecule has 3 fully saturated rings. The highest BCUT2D eigenvalue weighted by Gasteiger charge is 2.30. The molecule has 2 unspecified atom stereocenters. The molecule has 0 aromatic carbocycles. The predicted octanol–water partition coefficient (Wildman–Crippen LogP) is 3.23. The van der Waals surface area contributed by atoms with E-state index in [9.17, 15) is 4.79 Å². The molecule has 144 valence electrons. The molecule has 0 bridgehead atoms. The monoisotopic (exact) mass is 359 g/mol. The first-order valence-corrected chi connectivity index (χ1v) is 10.7. The Morgan fingerprint density at radius 2 is 1.96 bits per heavy atom. The van der Waals surface area contributed by atoms with E-state index in [4.69, 9.17) is 4.52 Å². The topological polar surface area (TPSA) is 67.2 Å². The number of carbonyl (C=O) groups is 1. The molecule has 26 heavy (non-hydrogen) atoms. The lowest BCUT2D eigenvalue weighted by Gasteiger charge is -2.31. The van der Waals surface area contributed by atoms with E-state index in [2.05, 4.69) is 21.9 Å².